The van der Waals surface area contributed by atoms with Crippen LogP contribution >= 0.6 is 15.9 Å². The van der Waals surface area contributed by atoms with Gasteiger partial charge in [0.2, 0.25) is 10.0 Å². The number of sulfonamides is 1. The molecule has 90 valence electrons. The van der Waals surface area contributed by atoms with E-state index < -0.39 is 10.0 Å². The summed E-state index contributed by atoms with van der Waals surface area (Å²) in [5, 5.41) is 0. The number of hydrogen-bond donors (Lipinski definition) is 0. The average molecular weight is 306 g/mol. The molecule has 0 saturated carbocycles. The van der Waals surface area contributed by atoms with Gasteiger partial charge in [0.25, 0.3) is 0 Å². The van der Waals surface area contributed by atoms with E-state index in [2.05, 4.69) is 15.9 Å². The van der Waals surface area contributed by atoms with Gasteiger partial charge in [-0.2, -0.15) is 4.31 Å². The number of nitrogens with zero attached hydrogens (tertiary/aromatic N) is 1. The van der Waals surface area contributed by atoms with E-state index in [4.69, 9.17) is 0 Å². The summed E-state index contributed by atoms with van der Waals surface area (Å²) in [5.41, 5.74) is 0.915. The van der Waals surface area contributed by atoms with E-state index in [1.54, 1.807) is 25.2 Å². The Morgan fingerprint density at radius 3 is 2.31 bits per heavy atom. The predicted molar refractivity (Wildman–Crippen MR) is 69.0 cm³/mol. The minimum atomic E-state index is -3.36. The number of benzene rings is 1. The molecule has 1 aromatic carbocycles. The van der Waals surface area contributed by atoms with Crippen molar-refractivity contribution < 1.29 is 8.42 Å². The molecule has 0 saturated heterocycles. The molecule has 0 aliphatic heterocycles. The molecule has 0 atom stereocenters. The fourth-order valence-corrected chi connectivity index (χ4v) is 2.92. The lowest BCUT2D eigenvalue weighted by molar-refractivity contribution is 0.410. The van der Waals surface area contributed by atoms with Gasteiger partial charge in [-0.3, -0.25) is 0 Å². The van der Waals surface area contributed by atoms with E-state index in [1.165, 1.54) is 4.31 Å². The van der Waals surface area contributed by atoms with Gasteiger partial charge in [-0.05, 0) is 44.5 Å². The molecule has 0 spiro atoms. The van der Waals surface area contributed by atoms with Gasteiger partial charge in [0.05, 0.1) is 4.90 Å². The maximum atomic E-state index is 12.1. The average Bonchev–Trinajstić information content (AvgIpc) is 2.20. The molecule has 1 aromatic rings. The first-order valence-corrected chi connectivity index (χ1v) is 7.24. The van der Waals surface area contributed by atoms with Gasteiger partial charge in [-0.25, -0.2) is 8.42 Å². The fourth-order valence-electron chi connectivity index (χ4n) is 1.22. The molecule has 0 fully saturated rings. The highest BCUT2D eigenvalue weighted by Gasteiger charge is 2.23. The Morgan fingerprint density at radius 1 is 1.31 bits per heavy atom. The van der Waals surface area contributed by atoms with Crippen molar-refractivity contribution in [3.05, 3.63) is 28.2 Å². The predicted octanol–water partition coefficient (Wildman–Crippen LogP) is 2.79. The van der Waals surface area contributed by atoms with Gasteiger partial charge in [0, 0.05) is 17.6 Å². The molecule has 0 aliphatic rings. The second kappa shape index (κ2) is 4.85. The van der Waals surface area contributed by atoms with Gasteiger partial charge < -0.3 is 0 Å². The number of hydrogen-bond acceptors (Lipinski definition) is 2. The first-order valence-electron chi connectivity index (χ1n) is 5.01. The molecule has 3 nitrogen and oxygen atoms in total. The Balaban J connectivity index is 3.23. The molecule has 0 radical (unpaired) electrons. The molecule has 0 amide bonds. The van der Waals surface area contributed by atoms with Gasteiger partial charge in [-0.1, -0.05) is 15.9 Å². The van der Waals surface area contributed by atoms with Gasteiger partial charge in [0.1, 0.15) is 0 Å². The summed E-state index contributed by atoms with van der Waals surface area (Å²) in [7, 11) is -1.77. The Bertz CT molecular complexity index is 483. The lowest BCUT2D eigenvalue weighted by Gasteiger charge is -2.21. The molecule has 0 aromatic heterocycles. The molecular formula is C11H16BrNO2S. The zero-order valence-electron chi connectivity index (χ0n) is 9.86. The third-order valence-electron chi connectivity index (χ3n) is 2.53. The second-order valence-electron chi connectivity index (χ2n) is 4.03. The highest BCUT2D eigenvalue weighted by Crippen LogP contribution is 2.22. The van der Waals surface area contributed by atoms with Crippen molar-refractivity contribution in [1.29, 1.82) is 0 Å². The summed E-state index contributed by atoms with van der Waals surface area (Å²) >= 11 is 3.35. The Labute approximate surface area is 106 Å². The van der Waals surface area contributed by atoms with Crippen molar-refractivity contribution in [2.75, 3.05) is 7.05 Å². The highest BCUT2D eigenvalue weighted by atomic mass is 79.9. The van der Waals surface area contributed by atoms with E-state index in [0.717, 1.165) is 10.0 Å². The number of aryl methyl sites for hydroxylation is 1. The van der Waals surface area contributed by atoms with E-state index in [9.17, 15) is 8.42 Å². The van der Waals surface area contributed by atoms with Crippen LogP contribution in [0, 0.1) is 6.92 Å². The minimum absolute atomic E-state index is 0.0473. The molecule has 0 aliphatic carbocycles. The van der Waals surface area contributed by atoms with Crippen LogP contribution in [-0.4, -0.2) is 25.8 Å². The lowest BCUT2D eigenvalue weighted by Crippen LogP contribution is -2.33. The van der Waals surface area contributed by atoms with Crippen LogP contribution < -0.4 is 0 Å². The van der Waals surface area contributed by atoms with Crippen LogP contribution in [0.5, 0.6) is 0 Å². The molecular weight excluding hydrogens is 290 g/mol. The SMILES string of the molecule is Cc1cc(S(=O)(=O)N(C)C(C)C)ccc1Br. The summed E-state index contributed by atoms with van der Waals surface area (Å²) in [4.78, 5) is 0.337. The summed E-state index contributed by atoms with van der Waals surface area (Å²) < 4.78 is 26.6. The van der Waals surface area contributed by atoms with Crippen molar-refractivity contribution in [1.82, 2.24) is 4.31 Å². The van der Waals surface area contributed by atoms with Crippen LogP contribution in [-0.2, 0) is 10.0 Å². The van der Waals surface area contributed by atoms with E-state index in [1.807, 2.05) is 20.8 Å². The van der Waals surface area contributed by atoms with Gasteiger partial charge in [0.15, 0.2) is 0 Å². The van der Waals surface area contributed by atoms with Crippen molar-refractivity contribution in [2.45, 2.75) is 31.7 Å². The van der Waals surface area contributed by atoms with E-state index in [0.29, 0.717) is 4.90 Å². The number of halogens is 1. The molecule has 0 bridgehead atoms. The maximum absolute atomic E-state index is 12.1. The first kappa shape index (κ1) is 13.7. The normalized spacial score (nSPS) is 12.4. The highest BCUT2D eigenvalue weighted by molar-refractivity contribution is 9.10. The van der Waals surface area contributed by atoms with E-state index in [-0.39, 0.29) is 6.04 Å². The Hall–Kier alpha value is -0.390. The molecule has 0 heterocycles. The molecule has 16 heavy (non-hydrogen) atoms. The largest absolute Gasteiger partial charge is 0.243 e. The molecule has 5 heteroatoms. The third-order valence-corrected chi connectivity index (χ3v) is 5.45. The maximum Gasteiger partial charge on any atom is 0.243 e. The van der Waals surface area contributed by atoms with Crippen LogP contribution in [0.1, 0.15) is 19.4 Å². The third kappa shape index (κ3) is 2.64. The van der Waals surface area contributed by atoms with Crippen LogP contribution in [0.4, 0.5) is 0 Å². The zero-order valence-corrected chi connectivity index (χ0v) is 12.3. The second-order valence-corrected chi connectivity index (χ2v) is 6.88. The minimum Gasteiger partial charge on any atom is -0.207 e. The molecule has 0 unspecified atom stereocenters. The van der Waals surface area contributed by atoms with Crippen molar-refractivity contribution in [3.63, 3.8) is 0 Å². The Morgan fingerprint density at radius 2 is 1.88 bits per heavy atom. The lowest BCUT2D eigenvalue weighted by atomic mass is 10.2. The van der Waals surface area contributed by atoms with Gasteiger partial charge >= 0.3 is 0 Å². The monoisotopic (exact) mass is 305 g/mol. The van der Waals surface area contributed by atoms with Gasteiger partial charge in [-0.15, -0.1) is 0 Å². The summed E-state index contributed by atoms with van der Waals surface area (Å²) in [6, 6.07) is 5.01. The topological polar surface area (TPSA) is 37.4 Å². The van der Waals surface area contributed by atoms with Crippen LogP contribution in [0.15, 0.2) is 27.6 Å². The summed E-state index contributed by atoms with van der Waals surface area (Å²) in [6.45, 7) is 5.57. The van der Waals surface area contributed by atoms with Crippen LogP contribution in [0.3, 0.4) is 0 Å². The quantitative estimate of drug-likeness (QED) is 0.861. The standard InChI is InChI=1S/C11H16BrNO2S/c1-8(2)13(4)16(14,15)10-5-6-11(12)9(3)7-10/h5-8H,1-4H3. The van der Waals surface area contributed by atoms with Crippen molar-refractivity contribution in [2.24, 2.45) is 0 Å². The first-order chi connectivity index (χ1) is 7.26. The van der Waals surface area contributed by atoms with Crippen molar-refractivity contribution >= 4 is 26.0 Å². The van der Waals surface area contributed by atoms with Crippen LogP contribution in [0.25, 0.3) is 0 Å². The van der Waals surface area contributed by atoms with E-state index >= 15 is 0 Å². The Kier molecular flexibility index (Phi) is 4.15. The zero-order chi connectivity index (χ0) is 12.5. The van der Waals surface area contributed by atoms with Crippen molar-refractivity contribution in [3.8, 4) is 0 Å². The number of rotatable bonds is 3. The summed E-state index contributed by atoms with van der Waals surface area (Å²) in [5.74, 6) is 0. The smallest absolute Gasteiger partial charge is 0.207 e. The fraction of sp³-hybridized carbons (Fsp3) is 0.455. The molecule has 1 rings (SSSR count). The molecule has 0 N–H and O–H groups in total. The summed E-state index contributed by atoms with van der Waals surface area (Å²) in [6.07, 6.45) is 0. The van der Waals surface area contributed by atoms with Crippen LogP contribution in [0.2, 0.25) is 0 Å².